The number of amides is 1. The van der Waals surface area contributed by atoms with Crippen molar-refractivity contribution in [3.8, 4) is 0 Å². The molecule has 1 amide bonds. The molecule has 1 aliphatic rings. The standard InChI is InChI=1S/C20H18F3N3O2/c1-12-9-17(20(21,22)23)26-18(25-12)11-24-19(28)10-15-14(7-8-16(15)27)13-5-3-2-4-6-13/h2-6,9H,7-8,10-11H2,1H3,(H,24,28). The molecule has 0 aliphatic heterocycles. The van der Waals surface area contributed by atoms with E-state index in [4.69, 9.17) is 0 Å². The van der Waals surface area contributed by atoms with Crippen LogP contribution in [0.5, 0.6) is 0 Å². The number of nitrogens with zero attached hydrogens (tertiary/aromatic N) is 2. The Balaban J connectivity index is 1.71. The Bertz CT molecular complexity index is 937. The highest BCUT2D eigenvalue weighted by atomic mass is 19.4. The van der Waals surface area contributed by atoms with Gasteiger partial charge in [-0.15, -0.1) is 0 Å². The maximum Gasteiger partial charge on any atom is 0.433 e. The highest BCUT2D eigenvalue weighted by Gasteiger charge is 2.33. The minimum atomic E-state index is -4.59. The third-order valence-corrected chi connectivity index (χ3v) is 4.40. The average Bonchev–Trinajstić information content (AvgIpc) is 3.00. The first-order chi connectivity index (χ1) is 13.2. The fourth-order valence-electron chi connectivity index (χ4n) is 3.13. The maximum absolute atomic E-state index is 12.8. The summed E-state index contributed by atoms with van der Waals surface area (Å²) < 4.78 is 38.5. The van der Waals surface area contributed by atoms with E-state index >= 15 is 0 Å². The van der Waals surface area contributed by atoms with Crippen LogP contribution in [-0.2, 0) is 22.3 Å². The number of nitrogens with one attached hydrogen (secondary N) is 1. The number of aromatic nitrogens is 2. The molecule has 0 atom stereocenters. The minimum Gasteiger partial charge on any atom is -0.349 e. The summed E-state index contributed by atoms with van der Waals surface area (Å²) in [4.78, 5) is 31.8. The van der Waals surface area contributed by atoms with Gasteiger partial charge in [-0.1, -0.05) is 30.3 Å². The second kappa shape index (κ2) is 7.92. The second-order valence-corrected chi connectivity index (χ2v) is 6.51. The lowest BCUT2D eigenvalue weighted by Crippen LogP contribution is -2.26. The van der Waals surface area contributed by atoms with E-state index in [0.717, 1.165) is 17.2 Å². The Hall–Kier alpha value is -3.03. The molecule has 146 valence electrons. The lowest BCUT2D eigenvalue weighted by Gasteiger charge is -2.10. The van der Waals surface area contributed by atoms with Crippen molar-refractivity contribution in [3.05, 3.63) is 64.7 Å². The highest BCUT2D eigenvalue weighted by molar-refractivity contribution is 6.10. The Labute approximate surface area is 159 Å². The number of ketones is 1. The normalized spacial score (nSPS) is 14.5. The Morgan fingerprint density at radius 3 is 2.54 bits per heavy atom. The summed E-state index contributed by atoms with van der Waals surface area (Å²) in [5, 5.41) is 2.51. The van der Waals surface area contributed by atoms with Crippen LogP contribution >= 0.6 is 0 Å². The first-order valence-corrected chi connectivity index (χ1v) is 8.73. The van der Waals surface area contributed by atoms with E-state index in [1.165, 1.54) is 6.92 Å². The molecule has 0 spiro atoms. The number of hydrogen-bond acceptors (Lipinski definition) is 4. The molecular weight excluding hydrogens is 371 g/mol. The van der Waals surface area contributed by atoms with Crippen LogP contribution in [0.2, 0.25) is 0 Å². The number of hydrogen-bond donors (Lipinski definition) is 1. The Kier molecular flexibility index (Phi) is 5.58. The van der Waals surface area contributed by atoms with Crippen LogP contribution < -0.4 is 5.32 Å². The largest absolute Gasteiger partial charge is 0.433 e. The third kappa shape index (κ3) is 4.62. The molecule has 2 aromatic rings. The van der Waals surface area contributed by atoms with Gasteiger partial charge in [-0.25, -0.2) is 9.97 Å². The summed E-state index contributed by atoms with van der Waals surface area (Å²) in [7, 11) is 0. The summed E-state index contributed by atoms with van der Waals surface area (Å²) in [5.41, 5.74) is 1.29. The molecule has 1 aromatic heterocycles. The van der Waals surface area contributed by atoms with Crippen LogP contribution in [0.25, 0.3) is 5.57 Å². The van der Waals surface area contributed by atoms with Crippen molar-refractivity contribution < 1.29 is 22.8 Å². The molecule has 0 fully saturated rings. The van der Waals surface area contributed by atoms with Crippen LogP contribution in [0, 0.1) is 6.92 Å². The van der Waals surface area contributed by atoms with Gasteiger partial charge in [0.15, 0.2) is 5.78 Å². The van der Waals surface area contributed by atoms with Crippen LogP contribution in [0.4, 0.5) is 13.2 Å². The van der Waals surface area contributed by atoms with E-state index in [2.05, 4.69) is 15.3 Å². The monoisotopic (exact) mass is 389 g/mol. The molecule has 1 aromatic carbocycles. The smallest absolute Gasteiger partial charge is 0.349 e. The van der Waals surface area contributed by atoms with E-state index in [-0.39, 0.29) is 30.3 Å². The Morgan fingerprint density at radius 2 is 1.86 bits per heavy atom. The van der Waals surface area contributed by atoms with Gasteiger partial charge in [-0.2, -0.15) is 13.2 Å². The molecular formula is C20H18F3N3O2. The van der Waals surface area contributed by atoms with Crippen molar-refractivity contribution in [2.75, 3.05) is 0 Å². The predicted octanol–water partition coefficient (Wildman–Crippen LogP) is 3.63. The van der Waals surface area contributed by atoms with Crippen molar-refractivity contribution in [2.24, 2.45) is 0 Å². The van der Waals surface area contributed by atoms with Gasteiger partial charge in [0, 0.05) is 17.7 Å². The van der Waals surface area contributed by atoms with Gasteiger partial charge in [0.1, 0.15) is 11.5 Å². The number of carbonyl (C=O) groups is 2. The molecule has 3 rings (SSSR count). The zero-order valence-corrected chi connectivity index (χ0v) is 15.1. The predicted molar refractivity (Wildman–Crippen MR) is 95.8 cm³/mol. The van der Waals surface area contributed by atoms with Gasteiger partial charge < -0.3 is 5.32 Å². The maximum atomic E-state index is 12.8. The van der Waals surface area contributed by atoms with E-state index in [9.17, 15) is 22.8 Å². The summed E-state index contributed by atoms with van der Waals surface area (Å²) in [6.45, 7) is 1.18. The van der Waals surface area contributed by atoms with Gasteiger partial charge in [-0.3, -0.25) is 9.59 Å². The number of benzene rings is 1. The number of alkyl halides is 3. The number of allylic oxidation sites excluding steroid dienone is 1. The molecule has 28 heavy (non-hydrogen) atoms. The van der Waals surface area contributed by atoms with E-state index in [1.54, 1.807) is 0 Å². The molecule has 0 radical (unpaired) electrons. The third-order valence-electron chi connectivity index (χ3n) is 4.40. The van der Waals surface area contributed by atoms with E-state index in [1.807, 2.05) is 30.3 Å². The summed E-state index contributed by atoms with van der Waals surface area (Å²) in [6.07, 6.45) is -3.79. The number of aryl methyl sites for hydroxylation is 1. The SMILES string of the molecule is Cc1cc(C(F)(F)F)nc(CNC(=O)CC2=C(c3ccccc3)CCC2=O)n1. The first-order valence-electron chi connectivity index (χ1n) is 8.73. The molecule has 0 unspecified atom stereocenters. The topological polar surface area (TPSA) is 72.0 Å². The van der Waals surface area contributed by atoms with Gasteiger partial charge in [-0.05, 0) is 30.5 Å². The van der Waals surface area contributed by atoms with Gasteiger partial charge in [0.2, 0.25) is 5.91 Å². The first kappa shape index (κ1) is 19.7. The number of Topliss-reactive ketones (excluding diaryl/α,β-unsaturated/α-hetero) is 1. The molecule has 1 aliphatic carbocycles. The fourth-order valence-corrected chi connectivity index (χ4v) is 3.13. The molecule has 5 nitrogen and oxygen atoms in total. The summed E-state index contributed by atoms with van der Waals surface area (Å²) in [5.74, 6) is -0.673. The highest BCUT2D eigenvalue weighted by Crippen LogP contribution is 2.33. The fraction of sp³-hybridized carbons (Fsp3) is 0.300. The second-order valence-electron chi connectivity index (χ2n) is 6.51. The quantitative estimate of drug-likeness (QED) is 0.848. The van der Waals surface area contributed by atoms with Crippen molar-refractivity contribution in [3.63, 3.8) is 0 Å². The van der Waals surface area contributed by atoms with Crippen LogP contribution in [-0.4, -0.2) is 21.7 Å². The van der Waals surface area contributed by atoms with Gasteiger partial charge in [0.05, 0.1) is 13.0 Å². The molecule has 0 saturated carbocycles. The minimum absolute atomic E-state index is 0.0832. The molecule has 1 heterocycles. The summed E-state index contributed by atoms with van der Waals surface area (Å²) >= 11 is 0. The van der Waals surface area contributed by atoms with Crippen molar-refractivity contribution in [1.82, 2.24) is 15.3 Å². The van der Waals surface area contributed by atoms with Crippen LogP contribution in [0.3, 0.4) is 0 Å². The zero-order chi connectivity index (χ0) is 20.3. The van der Waals surface area contributed by atoms with Crippen LogP contribution in [0.15, 0.2) is 42.0 Å². The van der Waals surface area contributed by atoms with Gasteiger partial charge in [0.25, 0.3) is 0 Å². The average molecular weight is 389 g/mol. The lowest BCUT2D eigenvalue weighted by molar-refractivity contribution is -0.141. The number of halogens is 3. The van der Waals surface area contributed by atoms with Gasteiger partial charge >= 0.3 is 6.18 Å². The van der Waals surface area contributed by atoms with E-state index in [0.29, 0.717) is 18.4 Å². The van der Waals surface area contributed by atoms with Crippen LogP contribution in [0.1, 0.15) is 42.0 Å². The lowest BCUT2D eigenvalue weighted by atomic mass is 10.00. The molecule has 8 heteroatoms. The van der Waals surface area contributed by atoms with E-state index < -0.39 is 17.8 Å². The molecule has 0 bridgehead atoms. The number of rotatable bonds is 5. The van der Waals surface area contributed by atoms with Crippen molar-refractivity contribution >= 4 is 17.3 Å². The zero-order valence-electron chi connectivity index (χ0n) is 15.1. The molecule has 1 N–H and O–H groups in total. The van der Waals surface area contributed by atoms with Crippen molar-refractivity contribution in [2.45, 2.75) is 38.9 Å². The van der Waals surface area contributed by atoms with Crippen molar-refractivity contribution in [1.29, 1.82) is 0 Å². The summed E-state index contributed by atoms with van der Waals surface area (Å²) in [6, 6.07) is 10.2. The number of carbonyl (C=O) groups excluding carboxylic acids is 2. The molecule has 0 saturated heterocycles. The Morgan fingerprint density at radius 1 is 1.14 bits per heavy atom.